The number of fused-ring (bicyclic) bond motifs is 15. The van der Waals surface area contributed by atoms with Crippen molar-refractivity contribution in [3.05, 3.63) is 174 Å². The van der Waals surface area contributed by atoms with Crippen molar-refractivity contribution in [1.29, 1.82) is 0 Å². The molecular formula is C58H56FN3SSi+2. The molecule has 0 aliphatic carbocycles. The summed E-state index contributed by atoms with van der Waals surface area (Å²) < 4.78 is 24.5. The molecule has 9 aromatic rings. The summed E-state index contributed by atoms with van der Waals surface area (Å²) in [6.45, 7) is 21.9. The number of allylic oxidation sites excluding steroid dienone is 1. The van der Waals surface area contributed by atoms with Gasteiger partial charge in [-0.15, -0.1) is 11.3 Å². The number of nitrogens with zero attached hydrogens (tertiary/aromatic N) is 3. The highest BCUT2D eigenvalue weighted by atomic mass is 32.1. The molecule has 0 fully saturated rings. The lowest BCUT2D eigenvalue weighted by atomic mass is 9.77. The normalized spacial score (nSPS) is 16.2. The van der Waals surface area contributed by atoms with E-state index < -0.39 is 8.07 Å². The number of rotatable bonds is 5. The number of hydrogen-bond acceptors (Lipinski definition) is 1. The van der Waals surface area contributed by atoms with Gasteiger partial charge in [-0.2, -0.15) is 13.7 Å². The van der Waals surface area contributed by atoms with Gasteiger partial charge >= 0.3 is 5.82 Å². The zero-order chi connectivity index (χ0) is 44.2. The van der Waals surface area contributed by atoms with Gasteiger partial charge in [0, 0.05) is 49.3 Å². The summed E-state index contributed by atoms with van der Waals surface area (Å²) in [5.74, 6) is 1.86. The molecule has 2 unspecified atom stereocenters. The van der Waals surface area contributed by atoms with Gasteiger partial charge < -0.3 is 0 Å². The van der Waals surface area contributed by atoms with Crippen molar-refractivity contribution < 1.29 is 13.5 Å². The zero-order valence-corrected chi connectivity index (χ0v) is 39.9. The van der Waals surface area contributed by atoms with Crippen molar-refractivity contribution in [3.8, 4) is 39.5 Å². The number of hydrogen-bond donors (Lipinski definition) is 0. The van der Waals surface area contributed by atoms with E-state index in [0.717, 1.165) is 36.1 Å². The summed E-state index contributed by atoms with van der Waals surface area (Å²) >= 11 is 1.89. The van der Waals surface area contributed by atoms with Gasteiger partial charge in [0.05, 0.1) is 24.8 Å². The van der Waals surface area contributed by atoms with Crippen LogP contribution in [0.15, 0.2) is 146 Å². The molecule has 0 saturated heterocycles. The molecule has 318 valence electrons. The lowest BCUT2D eigenvalue weighted by molar-refractivity contribution is -0.716. The number of pyridine rings is 1. The van der Waals surface area contributed by atoms with E-state index in [9.17, 15) is 4.39 Å². The molecule has 0 saturated carbocycles. The van der Waals surface area contributed by atoms with Gasteiger partial charge in [-0.3, -0.25) is 0 Å². The van der Waals surface area contributed by atoms with E-state index in [1.807, 2.05) is 23.5 Å². The predicted octanol–water partition coefficient (Wildman–Crippen LogP) is 14.7. The van der Waals surface area contributed by atoms with Gasteiger partial charge in [0.2, 0.25) is 5.69 Å². The Morgan fingerprint density at radius 2 is 1.45 bits per heavy atom. The average Bonchev–Trinajstić information content (AvgIpc) is 3.83. The van der Waals surface area contributed by atoms with Crippen LogP contribution in [0.25, 0.3) is 76.4 Å². The minimum atomic E-state index is -1.63. The Balaban J connectivity index is 1.25. The fraction of sp³-hybridized carbons (Fsp3) is 0.241. The molecule has 3 nitrogen and oxygen atoms in total. The van der Waals surface area contributed by atoms with E-state index in [1.165, 1.54) is 87.0 Å². The highest BCUT2D eigenvalue weighted by Gasteiger charge is 2.44. The Kier molecular flexibility index (Phi) is 9.78. The maximum absolute atomic E-state index is 14.1. The van der Waals surface area contributed by atoms with Gasteiger partial charge in [-0.05, 0) is 83.3 Å². The van der Waals surface area contributed by atoms with E-state index in [2.05, 4.69) is 176 Å². The third-order valence-corrected chi connectivity index (χ3v) is 17.5. The van der Waals surface area contributed by atoms with E-state index in [1.54, 1.807) is 12.1 Å². The van der Waals surface area contributed by atoms with Crippen LogP contribution in [-0.2, 0) is 6.42 Å². The second-order valence-corrected chi connectivity index (χ2v) is 26.0. The molecule has 0 spiro atoms. The number of thiophene rings is 1. The molecule has 11 rings (SSSR count). The molecule has 5 heterocycles. The first kappa shape index (κ1) is 40.8. The van der Waals surface area contributed by atoms with Gasteiger partial charge in [-0.25, -0.2) is 4.39 Å². The monoisotopic (exact) mass is 873 g/mol. The molecule has 0 amide bonds. The smallest absolute Gasteiger partial charge is 0.207 e. The van der Waals surface area contributed by atoms with Gasteiger partial charge in [-0.1, -0.05) is 145 Å². The third-order valence-electron chi connectivity index (χ3n) is 14.3. The lowest BCUT2D eigenvalue weighted by Gasteiger charge is -2.32. The summed E-state index contributed by atoms with van der Waals surface area (Å²) in [7, 11) is -1.63. The maximum Gasteiger partial charge on any atom is 0.301 e. The van der Waals surface area contributed by atoms with Gasteiger partial charge in [0.1, 0.15) is 17.2 Å². The van der Waals surface area contributed by atoms with Crippen molar-refractivity contribution >= 4 is 61.5 Å². The van der Waals surface area contributed by atoms with Crippen LogP contribution < -0.4 is 14.3 Å². The van der Waals surface area contributed by atoms with Crippen molar-refractivity contribution in [1.82, 2.24) is 4.57 Å². The summed E-state index contributed by atoms with van der Waals surface area (Å²) in [5, 5.41) is 3.99. The summed E-state index contributed by atoms with van der Waals surface area (Å²) in [5.41, 5.74) is 16.3. The molecular weight excluding hydrogens is 818 g/mol. The van der Waals surface area contributed by atoms with Crippen LogP contribution in [0.4, 0.5) is 4.39 Å². The molecule has 6 aromatic carbocycles. The number of halogens is 1. The first-order chi connectivity index (χ1) is 30.9. The van der Waals surface area contributed by atoms with Gasteiger partial charge in [0.15, 0.2) is 23.3 Å². The van der Waals surface area contributed by atoms with Crippen molar-refractivity contribution in [2.24, 2.45) is 0 Å². The molecule has 3 aromatic heterocycles. The largest absolute Gasteiger partial charge is 0.301 e. The minimum absolute atomic E-state index is 0.185. The number of para-hydroxylation sites is 3. The number of aryl methyl sites for hydroxylation is 1. The van der Waals surface area contributed by atoms with E-state index >= 15 is 0 Å². The fourth-order valence-electron chi connectivity index (χ4n) is 11.0. The predicted molar refractivity (Wildman–Crippen MR) is 270 cm³/mol. The highest BCUT2D eigenvalue weighted by molar-refractivity contribution is 7.26. The van der Waals surface area contributed by atoms with Crippen molar-refractivity contribution in [2.75, 3.05) is 0 Å². The second-order valence-electron chi connectivity index (χ2n) is 19.9. The Hall–Kier alpha value is -5.95. The van der Waals surface area contributed by atoms with E-state index in [-0.39, 0.29) is 17.8 Å². The quantitative estimate of drug-likeness (QED) is 0.121. The summed E-state index contributed by atoms with van der Waals surface area (Å²) in [4.78, 5) is 0. The van der Waals surface area contributed by atoms with Crippen LogP contribution in [-0.4, -0.2) is 12.6 Å². The molecule has 6 heteroatoms. The topological polar surface area (TPSA) is 12.7 Å². The Labute approximate surface area is 381 Å². The van der Waals surface area contributed by atoms with Gasteiger partial charge in [0.25, 0.3) is 0 Å². The first-order valence-corrected chi connectivity index (χ1v) is 27.4. The molecule has 2 atom stereocenters. The molecule has 0 bridgehead atoms. The van der Waals surface area contributed by atoms with Crippen LogP contribution >= 0.6 is 11.3 Å². The SMILES string of the molecule is C=C1CC2C(CCc3ccc4c(sc5cc(-c6ccc(F)cc6)ccc54)c3-c3n1c1ccccc1[n+]3-c1c(C(C)C)cccc1C(C)C)c1ccccc1-c1ccc([Si](C)(C)C)c[n+]12. The molecule has 2 aliphatic rings. The fourth-order valence-corrected chi connectivity index (χ4v) is 13.4. The van der Waals surface area contributed by atoms with Crippen LogP contribution in [0, 0.1) is 5.82 Å². The minimum Gasteiger partial charge on any atom is -0.207 e. The number of imidazole rings is 1. The van der Waals surface area contributed by atoms with Crippen LogP contribution in [0.2, 0.25) is 19.6 Å². The Bertz CT molecular complexity index is 3320. The second kappa shape index (κ2) is 15.4. The number of benzene rings is 6. The first-order valence-electron chi connectivity index (χ1n) is 23.1. The number of aromatic nitrogens is 3. The standard InChI is InChI=1S/C58H56FN3SSi/c1-35(2)43-16-13-17-44(36(3)4)56(43)62-52-19-12-11-18-51(52)61-37(5)32-53-47(45-14-9-10-15-46(45)50-31-27-42(34-60(50)53)64(6,7)8)28-22-39-23-30-49-48-29-24-40(38-20-25-41(59)26-21-38)33-54(48)63-57(49)55(39)58(61)62/h9-21,23-27,29-31,33-36,47,53H,5,22,28,32H2,1-4,6-8H3/q+2. The Morgan fingerprint density at radius 1 is 0.750 bits per heavy atom. The molecule has 64 heavy (non-hydrogen) atoms. The lowest BCUT2D eigenvalue weighted by Crippen LogP contribution is -2.52. The summed E-state index contributed by atoms with van der Waals surface area (Å²) in [6, 6.07) is 48.7. The molecule has 0 radical (unpaired) electrons. The van der Waals surface area contributed by atoms with Crippen LogP contribution in [0.5, 0.6) is 0 Å². The van der Waals surface area contributed by atoms with E-state index in [0.29, 0.717) is 11.8 Å². The third kappa shape index (κ3) is 6.47. The van der Waals surface area contributed by atoms with Crippen molar-refractivity contribution in [3.63, 3.8) is 0 Å². The highest BCUT2D eigenvalue weighted by Crippen LogP contribution is 2.49. The molecule has 2 aliphatic heterocycles. The molecule has 0 N–H and O–H groups in total. The average molecular weight is 874 g/mol. The van der Waals surface area contributed by atoms with Crippen LogP contribution in [0.3, 0.4) is 0 Å². The van der Waals surface area contributed by atoms with E-state index in [4.69, 9.17) is 6.58 Å². The Morgan fingerprint density at radius 3 is 2.20 bits per heavy atom. The summed E-state index contributed by atoms with van der Waals surface area (Å²) in [6.07, 6.45) is 5.26. The van der Waals surface area contributed by atoms with Crippen molar-refractivity contribution in [2.45, 2.75) is 90.4 Å². The maximum atomic E-state index is 14.1. The zero-order valence-electron chi connectivity index (χ0n) is 38.0. The van der Waals surface area contributed by atoms with Crippen LogP contribution in [0.1, 0.15) is 86.6 Å².